The molecule has 1 aromatic carbocycles. The van der Waals surface area contributed by atoms with Crippen LogP contribution in [0, 0.1) is 6.92 Å². The second kappa shape index (κ2) is 4.27. The maximum absolute atomic E-state index is 6.28. The number of hydrogen-bond acceptors (Lipinski definition) is 2. The van der Waals surface area contributed by atoms with Crippen molar-refractivity contribution in [2.24, 2.45) is 5.73 Å². The van der Waals surface area contributed by atoms with Crippen LogP contribution in [0.5, 0.6) is 5.75 Å². The van der Waals surface area contributed by atoms with Crippen LogP contribution in [0.3, 0.4) is 0 Å². The summed E-state index contributed by atoms with van der Waals surface area (Å²) in [7, 11) is 1.68. The van der Waals surface area contributed by atoms with Crippen LogP contribution in [0.15, 0.2) is 12.1 Å². The molecule has 1 aliphatic rings. The second-order valence-corrected chi connectivity index (χ2v) is 5.16. The van der Waals surface area contributed by atoms with Gasteiger partial charge in [0.2, 0.25) is 0 Å². The van der Waals surface area contributed by atoms with E-state index in [1.54, 1.807) is 7.11 Å². The minimum atomic E-state index is 0.0836. The third-order valence-electron chi connectivity index (χ3n) is 3.32. The van der Waals surface area contributed by atoms with E-state index < -0.39 is 0 Å². The maximum Gasteiger partial charge on any atom is 0.119 e. The molecule has 0 heterocycles. The van der Waals surface area contributed by atoms with E-state index in [0.717, 1.165) is 47.6 Å². The summed E-state index contributed by atoms with van der Waals surface area (Å²) in [6, 6.07) is 3.97. The van der Waals surface area contributed by atoms with Gasteiger partial charge in [0.05, 0.1) is 7.11 Å². The van der Waals surface area contributed by atoms with Gasteiger partial charge in [0.15, 0.2) is 0 Å². The summed E-state index contributed by atoms with van der Waals surface area (Å²) < 4.78 is 5.25. The number of halogens is 1. The Morgan fingerprint density at radius 2 is 2.12 bits per heavy atom. The van der Waals surface area contributed by atoms with Gasteiger partial charge in [-0.3, -0.25) is 0 Å². The fourth-order valence-corrected chi connectivity index (χ4v) is 2.10. The summed E-state index contributed by atoms with van der Waals surface area (Å²) in [5.74, 6) is 0.874. The van der Waals surface area contributed by atoms with Gasteiger partial charge < -0.3 is 10.5 Å². The molecule has 1 saturated carbocycles. The van der Waals surface area contributed by atoms with Crippen molar-refractivity contribution in [3.63, 3.8) is 0 Å². The zero-order valence-corrected chi connectivity index (χ0v) is 10.6. The van der Waals surface area contributed by atoms with Crippen LogP contribution in [0.1, 0.15) is 30.4 Å². The Labute approximate surface area is 102 Å². The monoisotopic (exact) mass is 239 g/mol. The van der Waals surface area contributed by atoms with Gasteiger partial charge in [0, 0.05) is 10.6 Å². The summed E-state index contributed by atoms with van der Waals surface area (Å²) >= 11 is 6.28. The lowest BCUT2D eigenvalue weighted by atomic mass is 10.0. The number of rotatable bonds is 4. The maximum atomic E-state index is 6.28. The lowest BCUT2D eigenvalue weighted by Crippen LogP contribution is -2.22. The first-order valence-corrected chi connectivity index (χ1v) is 6.04. The zero-order valence-electron chi connectivity index (χ0n) is 9.85. The van der Waals surface area contributed by atoms with Crippen molar-refractivity contribution in [2.75, 3.05) is 7.11 Å². The highest BCUT2D eigenvalue weighted by Crippen LogP contribution is 2.38. The predicted molar refractivity (Wildman–Crippen MR) is 67.2 cm³/mol. The highest BCUT2D eigenvalue weighted by Gasteiger charge is 2.37. The van der Waals surface area contributed by atoms with Gasteiger partial charge in [-0.15, -0.1) is 0 Å². The fourth-order valence-electron chi connectivity index (χ4n) is 1.90. The summed E-state index contributed by atoms with van der Waals surface area (Å²) in [5, 5.41) is 0.852. The smallest absolute Gasteiger partial charge is 0.119 e. The SMILES string of the molecule is COc1cc(C)c(Cl)c(CCC2(N)CC2)c1. The molecular formula is C13H18ClNO. The molecule has 2 rings (SSSR count). The number of benzene rings is 1. The van der Waals surface area contributed by atoms with E-state index >= 15 is 0 Å². The number of aryl methyl sites for hydroxylation is 2. The summed E-state index contributed by atoms with van der Waals surface area (Å²) in [5.41, 5.74) is 8.38. The average Bonchev–Trinajstić information content (AvgIpc) is 2.99. The molecule has 0 saturated heterocycles. The minimum Gasteiger partial charge on any atom is -0.497 e. The summed E-state index contributed by atoms with van der Waals surface area (Å²) in [4.78, 5) is 0. The van der Waals surface area contributed by atoms with Crippen molar-refractivity contribution in [1.82, 2.24) is 0 Å². The van der Waals surface area contributed by atoms with E-state index in [1.807, 2.05) is 19.1 Å². The topological polar surface area (TPSA) is 35.2 Å². The average molecular weight is 240 g/mol. The lowest BCUT2D eigenvalue weighted by molar-refractivity contribution is 0.413. The first kappa shape index (κ1) is 11.7. The van der Waals surface area contributed by atoms with Crippen molar-refractivity contribution in [3.8, 4) is 5.75 Å². The van der Waals surface area contributed by atoms with Gasteiger partial charge in [-0.2, -0.15) is 0 Å². The van der Waals surface area contributed by atoms with E-state index in [9.17, 15) is 0 Å². The van der Waals surface area contributed by atoms with Crippen molar-refractivity contribution >= 4 is 11.6 Å². The molecule has 0 bridgehead atoms. The Hall–Kier alpha value is -0.730. The molecule has 2 N–H and O–H groups in total. The van der Waals surface area contributed by atoms with Crippen molar-refractivity contribution in [2.45, 2.75) is 38.1 Å². The van der Waals surface area contributed by atoms with Crippen LogP contribution in [0.2, 0.25) is 5.02 Å². The summed E-state index contributed by atoms with van der Waals surface area (Å²) in [6.07, 6.45) is 4.24. The Kier molecular flexibility index (Phi) is 3.13. The number of ether oxygens (including phenoxy) is 1. The van der Waals surface area contributed by atoms with Gasteiger partial charge in [-0.05, 0) is 55.9 Å². The molecule has 0 unspecified atom stereocenters. The molecule has 1 fully saturated rings. The zero-order chi connectivity index (χ0) is 11.8. The third-order valence-corrected chi connectivity index (χ3v) is 3.86. The molecule has 16 heavy (non-hydrogen) atoms. The standard InChI is InChI=1S/C13H18ClNO/c1-9-7-11(16-2)8-10(12(9)14)3-4-13(15)5-6-13/h7-8H,3-6,15H2,1-2H3. The van der Waals surface area contributed by atoms with Gasteiger partial charge >= 0.3 is 0 Å². The Balaban J connectivity index is 2.15. The van der Waals surface area contributed by atoms with Crippen LogP contribution in [0.25, 0.3) is 0 Å². The van der Waals surface area contributed by atoms with Crippen molar-refractivity contribution < 1.29 is 4.74 Å². The molecule has 0 aromatic heterocycles. The lowest BCUT2D eigenvalue weighted by Gasteiger charge is -2.12. The Bertz CT molecular complexity index is 399. The summed E-state index contributed by atoms with van der Waals surface area (Å²) in [6.45, 7) is 2.00. The van der Waals surface area contributed by atoms with Crippen LogP contribution in [-0.4, -0.2) is 12.6 Å². The van der Waals surface area contributed by atoms with Crippen LogP contribution >= 0.6 is 11.6 Å². The minimum absolute atomic E-state index is 0.0836. The van der Waals surface area contributed by atoms with Gasteiger partial charge in [0.1, 0.15) is 5.75 Å². The highest BCUT2D eigenvalue weighted by molar-refractivity contribution is 6.32. The molecule has 0 radical (unpaired) electrons. The van der Waals surface area contributed by atoms with Gasteiger partial charge in [0.25, 0.3) is 0 Å². The van der Waals surface area contributed by atoms with E-state index in [1.165, 1.54) is 0 Å². The Morgan fingerprint density at radius 3 is 2.69 bits per heavy atom. The normalized spacial score (nSPS) is 17.2. The molecule has 3 heteroatoms. The van der Waals surface area contributed by atoms with Crippen LogP contribution < -0.4 is 10.5 Å². The molecular weight excluding hydrogens is 222 g/mol. The molecule has 1 aliphatic carbocycles. The van der Waals surface area contributed by atoms with E-state index in [4.69, 9.17) is 22.1 Å². The molecule has 1 aromatic rings. The highest BCUT2D eigenvalue weighted by atomic mass is 35.5. The van der Waals surface area contributed by atoms with Crippen molar-refractivity contribution in [1.29, 1.82) is 0 Å². The van der Waals surface area contributed by atoms with Crippen LogP contribution in [-0.2, 0) is 6.42 Å². The second-order valence-electron chi connectivity index (χ2n) is 4.78. The van der Waals surface area contributed by atoms with Gasteiger partial charge in [-0.1, -0.05) is 11.6 Å². The molecule has 88 valence electrons. The molecule has 0 atom stereocenters. The largest absolute Gasteiger partial charge is 0.497 e. The number of methoxy groups -OCH3 is 1. The molecule has 2 nitrogen and oxygen atoms in total. The fraction of sp³-hybridized carbons (Fsp3) is 0.538. The van der Waals surface area contributed by atoms with E-state index in [-0.39, 0.29) is 5.54 Å². The third kappa shape index (κ3) is 2.50. The van der Waals surface area contributed by atoms with Crippen molar-refractivity contribution in [3.05, 3.63) is 28.3 Å². The Morgan fingerprint density at radius 1 is 1.44 bits per heavy atom. The quantitative estimate of drug-likeness (QED) is 0.877. The first-order chi connectivity index (χ1) is 7.54. The molecule has 0 aliphatic heterocycles. The van der Waals surface area contributed by atoms with E-state index in [2.05, 4.69) is 0 Å². The van der Waals surface area contributed by atoms with E-state index in [0.29, 0.717) is 0 Å². The predicted octanol–water partition coefficient (Wildman–Crippen LogP) is 3.08. The molecule has 0 spiro atoms. The first-order valence-electron chi connectivity index (χ1n) is 5.66. The number of nitrogens with two attached hydrogens (primary N) is 1. The van der Waals surface area contributed by atoms with Gasteiger partial charge in [-0.25, -0.2) is 0 Å². The van der Waals surface area contributed by atoms with Crippen LogP contribution in [0.4, 0.5) is 0 Å². The molecule has 0 amide bonds. The number of hydrogen-bond donors (Lipinski definition) is 1.